The van der Waals surface area contributed by atoms with E-state index in [-0.39, 0.29) is 18.2 Å². The molecule has 0 fully saturated rings. The molecule has 0 spiro atoms. The van der Waals surface area contributed by atoms with Gasteiger partial charge in [-0.25, -0.2) is 0 Å². The quantitative estimate of drug-likeness (QED) is 0.601. The van der Waals surface area contributed by atoms with E-state index in [4.69, 9.17) is 4.74 Å². The molecule has 5 nitrogen and oxygen atoms in total. The Morgan fingerprint density at radius 2 is 1.73 bits per heavy atom. The van der Waals surface area contributed by atoms with E-state index < -0.39 is 0 Å². The molecule has 22 heavy (non-hydrogen) atoms. The van der Waals surface area contributed by atoms with Crippen molar-refractivity contribution in [3.8, 4) is 5.75 Å². The maximum absolute atomic E-state index is 12.0. The van der Waals surface area contributed by atoms with Crippen LogP contribution in [0, 0.1) is 3.57 Å². The van der Waals surface area contributed by atoms with Crippen LogP contribution >= 0.6 is 22.6 Å². The molecule has 0 aliphatic carbocycles. The second-order valence-corrected chi connectivity index (χ2v) is 5.67. The molecule has 0 heterocycles. The van der Waals surface area contributed by atoms with E-state index in [9.17, 15) is 9.59 Å². The van der Waals surface area contributed by atoms with Crippen LogP contribution in [0.1, 0.15) is 15.9 Å². The van der Waals surface area contributed by atoms with Gasteiger partial charge in [-0.1, -0.05) is 24.3 Å². The van der Waals surface area contributed by atoms with Gasteiger partial charge in [0.2, 0.25) is 5.91 Å². The van der Waals surface area contributed by atoms with E-state index in [0.29, 0.717) is 5.56 Å². The third-order valence-corrected chi connectivity index (χ3v) is 3.90. The average Bonchev–Trinajstić information content (AvgIpc) is 2.54. The van der Waals surface area contributed by atoms with Gasteiger partial charge in [0.05, 0.1) is 19.1 Å². The number of hydrazine groups is 1. The molecule has 0 saturated carbocycles. The van der Waals surface area contributed by atoms with Crippen LogP contribution in [0.3, 0.4) is 0 Å². The molecule has 0 unspecified atom stereocenters. The van der Waals surface area contributed by atoms with Gasteiger partial charge in [-0.05, 0) is 52.4 Å². The Morgan fingerprint density at radius 1 is 1.05 bits per heavy atom. The number of ether oxygens (including phenoxy) is 1. The fourth-order valence-electron chi connectivity index (χ4n) is 1.81. The Kier molecular flexibility index (Phi) is 5.76. The molecule has 2 rings (SSSR count). The first-order valence-corrected chi connectivity index (χ1v) is 7.64. The van der Waals surface area contributed by atoms with Gasteiger partial charge in [-0.15, -0.1) is 0 Å². The van der Waals surface area contributed by atoms with E-state index in [2.05, 4.69) is 33.4 Å². The zero-order chi connectivity index (χ0) is 15.9. The van der Waals surface area contributed by atoms with E-state index in [1.807, 2.05) is 12.1 Å². The minimum absolute atomic E-state index is 0.177. The number of carbonyl (C=O) groups excluding carboxylic acids is 2. The van der Waals surface area contributed by atoms with Crippen molar-refractivity contribution >= 4 is 34.4 Å². The predicted molar refractivity (Wildman–Crippen MR) is 91.5 cm³/mol. The topological polar surface area (TPSA) is 67.4 Å². The highest BCUT2D eigenvalue weighted by molar-refractivity contribution is 14.1. The molecule has 0 aliphatic heterocycles. The van der Waals surface area contributed by atoms with Gasteiger partial charge < -0.3 is 4.74 Å². The van der Waals surface area contributed by atoms with Gasteiger partial charge in [0.15, 0.2) is 0 Å². The summed E-state index contributed by atoms with van der Waals surface area (Å²) >= 11 is 2.07. The van der Waals surface area contributed by atoms with Gasteiger partial charge in [0.25, 0.3) is 5.91 Å². The van der Waals surface area contributed by atoms with Crippen LogP contribution in [0.5, 0.6) is 5.75 Å². The lowest BCUT2D eigenvalue weighted by atomic mass is 10.1. The normalized spacial score (nSPS) is 9.91. The van der Waals surface area contributed by atoms with Crippen molar-refractivity contribution in [1.29, 1.82) is 0 Å². The fraction of sp³-hybridized carbons (Fsp3) is 0.125. The van der Waals surface area contributed by atoms with Gasteiger partial charge >= 0.3 is 0 Å². The van der Waals surface area contributed by atoms with Crippen molar-refractivity contribution in [2.75, 3.05) is 7.11 Å². The van der Waals surface area contributed by atoms with Crippen molar-refractivity contribution < 1.29 is 14.3 Å². The first-order chi connectivity index (χ1) is 10.6. The highest BCUT2D eigenvalue weighted by atomic mass is 127. The maximum atomic E-state index is 12.0. The van der Waals surface area contributed by atoms with Crippen molar-refractivity contribution in [2.24, 2.45) is 0 Å². The Morgan fingerprint density at radius 3 is 2.36 bits per heavy atom. The van der Waals surface area contributed by atoms with Crippen LogP contribution in [-0.2, 0) is 11.2 Å². The minimum Gasteiger partial charge on any atom is -0.497 e. The van der Waals surface area contributed by atoms with E-state index in [1.54, 1.807) is 43.5 Å². The van der Waals surface area contributed by atoms with Crippen molar-refractivity contribution in [2.45, 2.75) is 6.42 Å². The summed E-state index contributed by atoms with van der Waals surface area (Å²) < 4.78 is 5.88. The number of benzene rings is 2. The van der Waals surface area contributed by atoms with Gasteiger partial charge in [-0.3, -0.25) is 20.4 Å². The molecule has 6 heteroatoms. The number of amides is 2. The highest BCUT2D eigenvalue weighted by Gasteiger charge is 2.10. The zero-order valence-electron chi connectivity index (χ0n) is 11.9. The molecule has 0 aromatic heterocycles. The number of hydrogen-bond donors (Lipinski definition) is 2. The summed E-state index contributed by atoms with van der Waals surface area (Å²) in [4.78, 5) is 23.8. The standard InChI is InChI=1S/C16H15IN2O3/c1-22-12-8-6-11(7-9-12)10-15(20)18-19-16(21)13-4-2-3-5-14(13)17/h2-9H,10H2,1H3,(H,18,20)(H,19,21). The van der Waals surface area contributed by atoms with Crippen molar-refractivity contribution in [1.82, 2.24) is 10.9 Å². The van der Waals surface area contributed by atoms with Gasteiger partial charge in [0, 0.05) is 3.57 Å². The molecule has 2 amide bonds. The first-order valence-electron chi connectivity index (χ1n) is 6.57. The summed E-state index contributed by atoms with van der Waals surface area (Å²) in [6.07, 6.45) is 0.177. The predicted octanol–water partition coefficient (Wildman–Crippen LogP) is 2.30. The molecule has 2 aromatic carbocycles. The summed E-state index contributed by atoms with van der Waals surface area (Å²) in [5.41, 5.74) is 6.18. The van der Waals surface area contributed by atoms with Crippen LogP contribution in [0.4, 0.5) is 0 Å². The largest absolute Gasteiger partial charge is 0.497 e. The summed E-state index contributed by atoms with van der Waals surface area (Å²) in [5, 5.41) is 0. The van der Waals surface area contributed by atoms with Crippen LogP contribution in [0.2, 0.25) is 0 Å². The Balaban J connectivity index is 1.87. The van der Waals surface area contributed by atoms with Crippen LogP contribution < -0.4 is 15.6 Å². The molecule has 0 radical (unpaired) electrons. The molecular weight excluding hydrogens is 395 g/mol. The number of methoxy groups -OCH3 is 1. The fourth-order valence-corrected chi connectivity index (χ4v) is 2.44. The highest BCUT2D eigenvalue weighted by Crippen LogP contribution is 2.12. The van der Waals surface area contributed by atoms with Crippen LogP contribution in [-0.4, -0.2) is 18.9 Å². The lowest BCUT2D eigenvalue weighted by molar-refractivity contribution is -0.121. The van der Waals surface area contributed by atoms with E-state index in [1.165, 1.54) is 0 Å². The maximum Gasteiger partial charge on any atom is 0.270 e. The zero-order valence-corrected chi connectivity index (χ0v) is 14.1. The average molecular weight is 410 g/mol. The number of hydrogen-bond acceptors (Lipinski definition) is 3. The lowest BCUT2D eigenvalue weighted by Gasteiger charge is -2.09. The van der Waals surface area contributed by atoms with Gasteiger partial charge in [0.1, 0.15) is 5.75 Å². The molecule has 2 aromatic rings. The van der Waals surface area contributed by atoms with Crippen molar-refractivity contribution in [3.63, 3.8) is 0 Å². The van der Waals surface area contributed by atoms with Crippen LogP contribution in [0.25, 0.3) is 0 Å². The Labute approximate surface area is 142 Å². The SMILES string of the molecule is COc1ccc(CC(=O)NNC(=O)c2ccccc2I)cc1. The second kappa shape index (κ2) is 7.79. The van der Waals surface area contributed by atoms with Crippen molar-refractivity contribution in [3.05, 3.63) is 63.2 Å². The molecule has 0 bridgehead atoms. The summed E-state index contributed by atoms with van der Waals surface area (Å²) in [6.45, 7) is 0. The summed E-state index contributed by atoms with van der Waals surface area (Å²) in [7, 11) is 1.59. The van der Waals surface area contributed by atoms with Crippen LogP contribution in [0.15, 0.2) is 48.5 Å². The minimum atomic E-state index is -0.340. The molecule has 114 valence electrons. The molecule has 0 saturated heterocycles. The number of rotatable bonds is 4. The molecule has 0 aliphatic rings. The number of carbonyl (C=O) groups is 2. The monoisotopic (exact) mass is 410 g/mol. The van der Waals surface area contributed by atoms with E-state index >= 15 is 0 Å². The number of nitrogens with one attached hydrogen (secondary N) is 2. The molecule has 0 atom stereocenters. The Bertz CT molecular complexity index is 671. The number of halogens is 1. The smallest absolute Gasteiger partial charge is 0.270 e. The molecular formula is C16H15IN2O3. The Hall–Kier alpha value is -2.09. The molecule has 2 N–H and O–H groups in total. The summed E-state index contributed by atoms with van der Waals surface area (Å²) in [5.74, 6) is 0.105. The van der Waals surface area contributed by atoms with Gasteiger partial charge in [-0.2, -0.15) is 0 Å². The third kappa shape index (κ3) is 4.45. The summed E-state index contributed by atoms with van der Waals surface area (Å²) in [6, 6.07) is 14.3. The third-order valence-electron chi connectivity index (χ3n) is 2.96. The first kappa shape index (κ1) is 16.3. The second-order valence-electron chi connectivity index (χ2n) is 4.51. The lowest BCUT2D eigenvalue weighted by Crippen LogP contribution is -2.42. The van der Waals surface area contributed by atoms with E-state index in [0.717, 1.165) is 14.9 Å².